The number of aromatic hydroxyl groups is 2. The molecule has 28 heavy (non-hydrogen) atoms. The van der Waals surface area contributed by atoms with Crippen LogP contribution in [0.25, 0.3) is 0 Å². The standard InChI is InChI=1S/C19H22O8S/c1-26-19-8-4-13(11-18(19)22)3-6-16(20)15-12-14(5-7-17(15)21)27-9-2-10-28(23,24)25/h4-5,7-8,11-12,21-22H,2-3,6,9-10H2,1H3,(H,23,24,25). The molecule has 0 heterocycles. The van der Waals surface area contributed by atoms with Crippen LogP contribution in [0.2, 0.25) is 0 Å². The molecular weight excluding hydrogens is 388 g/mol. The van der Waals surface area contributed by atoms with Crippen LogP contribution in [0.15, 0.2) is 36.4 Å². The van der Waals surface area contributed by atoms with Crippen molar-refractivity contribution in [3.05, 3.63) is 47.5 Å². The molecule has 3 N–H and O–H groups in total. The van der Waals surface area contributed by atoms with Crippen LogP contribution >= 0.6 is 0 Å². The Bertz CT molecular complexity index is 937. The van der Waals surface area contributed by atoms with Gasteiger partial charge in [-0.1, -0.05) is 6.07 Å². The molecule has 0 unspecified atom stereocenters. The van der Waals surface area contributed by atoms with Crippen LogP contribution in [0, 0.1) is 0 Å². The number of phenols is 2. The Morgan fingerprint density at radius 1 is 1.07 bits per heavy atom. The van der Waals surface area contributed by atoms with Gasteiger partial charge in [0, 0.05) is 6.42 Å². The molecule has 8 nitrogen and oxygen atoms in total. The van der Waals surface area contributed by atoms with E-state index in [-0.39, 0.29) is 42.3 Å². The first-order valence-electron chi connectivity index (χ1n) is 8.49. The lowest BCUT2D eigenvalue weighted by molar-refractivity contribution is 0.0979. The minimum atomic E-state index is -4.05. The zero-order chi connectivity index (χ0) is 20.7. The van der Waals surface area contributed by atoms with Crippen molar-refractivity contribution < 1.29 is 37.5 Å². The molecule has 0 aliphatic carbocycles. The SMILES string of the molecule is COc1ccc(CCC(=O)c2cc(OCCCS(=O)(=O)O)ccc2O)cc1O. The van der Waals surface area contributed by atoms with Gasteiger partial charge in [-0.2, -0.15) is 8.42 Å². The largest absolute Gasteiger partial charge is 0.507 e. The summed E-state index contributed by atoms with van der Waals surface area (Å²) in [4.78, 5) is 12.4. The van der Waals surface area contributed by atoms with Crippen LogP contribution in [-0.4, -0.2) is 48.4 Å². The third kappa shape index (κ3) is 6.43. The second-order valence-corrected chi connectivity index (χ2v) is 7.67. The van der Waals surface area contributed by atoms with Crippen molar-refractivity contribution in [2.24, 2.45) is 0 Å². The van der Waals surface area contributed by atoms with E-state index < -0.39 is 15.9 Å². The highest BCUT2D eigenvalue weighted by molar-refractivity contribution is 7.85. The van der Waals surface area contributed by atoms with Gasteiger partial charge in [0.25, 0.3) is 10.1 Å². The molecule has 0 fully saturated rings. The van der Waals surface area contributed by atoms with E-state index >= 15 is 0 Å². The summed E-state index contributed by atoms with van der Waals surface area (Å²) in [5.41, 5.74) is 0.828. The van der Waals surface area contributed by atoms with Crippen molar-refractivity contribution in [2.45, 2.75) is 19.3 Å². The van der Waals surface area contributed by atoms with E-state index in [1.54, 1.807) is 12.1 Å². The summed E-state index contributed by atoms with van der Waals surface area (Å²) in [5.74, 6) is -0.296. The molecule has 0 spiro atoms. The van der Waals surface area contributed by atoms with Gasteiger partial charge in [-0.15, -0.1) is 0 Å². The number of Topliss-reactive ketones (excluding diaryl/α,β-unsaturated/α-hetero) is 1. The van der Waals surface area contributed by atoms with Crippen LogP contribution in [0.4, 0.5) is 0 Å². The monoisotopic (exact) mass is 410 g/mol. The Hall–Kier alpha value is -2.78. The van der Waals surface area contributed by atoms with E-state index in [1.165, 1.54) is 31.4 Å². The Labute approximate surface area is 163 Å². The fraction of sp³-hybridized carbons (Fsp3) is 0.316. The quantitative estimate of drug-likeness (QED) is 0.309. The summed E-state index contributed by atoms with van der Waals surface area (Å²) in [6.45, 7) is 0.0311. The second kappa shape index (κ2) is 9.43. The number of rotatable bonds is 10. The maximum absolute atomic E-state index is 12.4. The van der Waals surface area contributed by atoms with E-state index in [4.69, 9.17) is 14.0 Å². The number of phenolic OH excluding ortho intramolecular Hbond substituents is 2. The van der Waals surface area contributed by atoms with Gasteiger partial charge >= 0.3 is 0 Å². The third-order valence-corrected chi connectivity index (χ3v) is 4.77. The van der Waals surface area contributed by atoms with Crippen molar-refractivity contribution >= 4 is 15.9 Å². The molecule has 2 rings (SSSR count). The van der Waals surface area contributed by atoms with Crippen molar-refractivity contribution in [3.63, 3.8) is 0 Å². The minimum absolute atomic E-state index is 0.0180. The molecule has 0 bridgehead atoms. The first kappa shape index (κ1) is 21.5. The van der Waals surface area contributed by atoms with E-state index in [1.807, 2.05) is 0 Å². The van der Waals surface area contributed by atoms with Crippen LogP contribution in [-0.2, 0) is 16.5 Å². The van der Waals surface area contributed by atoms with Crippen molar-refractivity contribution in [2.75, 3.05) is 19.5 Å². The Morgan fingerprint density at radius 3 is 2.46 bits per heavy atom. The zero-order valence-electron chi connectivity index (χ0n) is 15.3. The fourth-order valence-electron chi connectivity index (χ4n) is 2.54. The number of carbonyl (C=O) groups is 1. The topological polar surface area (TPSA) is 130 Å². The zero-order valence-corrected chi connectivity index (χ0v) is 16.1. The summed E-state index contributed by atoms with van der Waals surface area (Å²) >= 11 is 0. The van der Waals surface area contributed by atoms with E-state index in [0.717, 1.165) is 5.56 Å². The number of ketones is 1. The fourth-order valence-corrected chi connectivity index (χ4v) is 3.03. The molecule has 2 aromatic carbocycles. The number of benzene rings is 2. The van der Waals surface area contributed by atoms with Crippen molar-refractivity contribution in [1.82, 2.24) is 0 Å². The molecule has 0 radical (unpaired) electrons. The van der Waals surface area contributed by atoms with Gasteiger partial charge in [-0.05, 0) is 48.7 Å². The van der Waals surface area contributed by atoms with Crippen LogP contribution in [0.1, 0.15) is 28.8 Å². The number of ether oxygens (including phenoxy) is 2. The normalized spacial score (nSPS) is 11.2. The number of carbonyl (C=O) groups excluding carboxylic acids is 1. The van der Waals surface area contributed by atoms with Gasteiger partial charge < -0.3 is 19.7 Å². The maximum Gasteiger partial charge on any atom is 0.264 e. The predicted octanol–water partition coefficient (Wildman–Crippen LogP) is 2.58. The summed E-state index contributed by atoms with van der Waals surface area (Å²) in [6, 6.07) is 9.02. The number of aryl methyl sites for hydroxylation is 1. The predicted molar refractivity (Wildman–Crippen MR) is 102 cm³/mol. The lowest BCUT2D eigenvalue weighted by Crippen LogP contribution is -2.09. The van der Waals surface area contributed by atoms with Gasteiger partial charge in [0.15, 0.2) is 17.3 Å². The van der Waals surface area contributed by atoms with Gasteiger partial charge in [0.2, 0.25) is 0 Å². The summed E-state index contributed by atoms with van der Waals surface area (Å²) in [7, 11) is -2.60. The summed E-state index contributed by atoms with van der Waals surface area (Å²) < 4.78 is 40.4. The van der Waals surface area contributed by atoms with Gasteiger partial charge in [0.1, 0.15) is 11.5 Å². The highest BCUT2D eigenvalue weighted by atomic mass is 32.2. The highest BCUT2D eigenvalue weighted by Crippen LogP contribution is 2.28. The van der Waals surface area contributed by atoms with E-state index in [9.17, 15) is 23.4 Å². The Morgan fingerprint density at radius 2 is 1.82 bits per heavy atom. The molecule has 0 aliphatic heterocycles. The van der Waals surface area contributed by atoms with Crippen LogP contribution in [0.5, 0.6) is 23.0 Å². The molecule has 9 heteroatoms. The Kier molecular flexibility index (Phi) is 7.24. The Balaban J connectivity index is 1.97. The third-order valence-electron chi connectivity index (χ3n) is 3.97. The summed E-state index contributed by atoms with van der Waals surface area (Å²) in [5, 5.41) is 19.7. The number of hydrogen-bond acceptors (Lipinski definition) is 7. The lowest BCUT2D eigenvalue weighted by Gasteiger charge is -2.10. The first-order chi connectivity index (χ1) is 13.2. The first-order valence-corrected chi connectivity index (χ1v) is 10.1. The van der Waals surface area contributed by atoms with Crippen molar-refractivity contribution in [1.29, 1.82) is 0 Å². The average Bonchev–Trinajstić information content (AvgIpc) is 2.64. The molecule has 0 amide bonds. The van der Waals surface area contributed by atoms with Crippen LogP contribution < -0.4 is 9.47 Å². The summed E-state index contributed by atoms with van der Waals surface area (Å²) in [6.07, 6.45) is 0.546. The molecule has 0 atom stereocenters. The van der Waals surface area contributed by atoms with Gasteiger partial charge in [-0.25, -0.2) is 0 Å². The lowest BCUT2D eigenvalue weighted by atomic mass is 10.0. The maximum atomic E-state index is 12.4. The van der Waals surface area contributed by atoms with E-state index in [0.29, 0.717) is 17.9 Å². The molecule has 152 valence electrons. The molecule has 2 aromatic rings. The van der Waals surface area contributed by atoms with Crippen molar-refractivity contribution in [3.8, 4) is 23.0 Å². The minimum Gasteiger partial charge on any atom is -0.507 e. The average molecular weight is 410 g/mol. The molecular formula is C19H22O8S. The molecule has 0 saturated carbocycles. The highest BCUT2D eigenvalue weighted by Gasteiger charge is 2.14. The van der Waals surface area contributed by atoms with E-state index in [2.05, 4.69) is 0 Å². The second-order valence-electron chi connectivity index (χ2n) is 6.10. The molecule has 0 aliphatic rings. The van der Waals surface area contributed by atoms with Gasteiger partial charge in [-0.3, -0.25) is 9.35 Å². The number of hydrogen-bond donors (Lipinski definition) is 3. The molecule has 0 aromatic heterocycles. The molecule has 0 saturated heterocycles. The number of methoxy groups -OCH3 is 1. The van der Waals surface area contributed by atoms with Crippen LogP contribution in [0.3, 0.4) is 0 Å². The van der Waals surface area contributed by atoms with Gasteiger partial charge in [0.05, 0.1) is 25.0 Å². The smallest absolute Gasteiger partial charge is 0.264 e.